The molecule has 5 nitrogen and oxygen atoms in total. The second kappa shape index (κ2) is 3.79. The summed E-state index contributed by atoms with van der Waals surface area (Å²) in [5.41, 5.74) is 8.15. The van der Waals surface area contributed by atoms with E-state index in [1.165, 1.54) is 6.20 Å². The molecule has 0 unspecified atom stereocenters. The van der Waals surface area contributed by atoms with Gasteiger partial charge in [-0.3, -0.25) is 0 Å². The van der Waals surface area contributed by atoms with Gasteiger partial charge in [-0.05, 0) is 30.3 Å². The van der Waals surface area contributed by atoms with Crippen molar-refractivity contribution in [2.24, 2.45) is 0 Å². The first-order valence-electron chi connectivity index (χ1n) is 5.15. The SMILES string of the molecule is Nc1cnoc1-c1ccc(-n2cccn2)cc1. The van der Waals surface area contributed by atoms with Crippen LogP contribution < -0.4 is 5.73 Å². The lowest BCUT2D eigenvalue weighted by molar-refractivity contribution is 0.432. The Bertz CT molecular complexity index is 610. The van der Waals surface area contributed by atoms with Crippen molar-refractivity contribution >= 4 is 5.69 Å². The van der Waals surface area contributed by atoms with E-state index in [4.69, 9.17) is 10.3 Å². The summed E-state index contributed by atoms with van der Waals surface area (Å²) in [5.74, 6) is 0.594. The van der Waals surface area contributed by atoms with E-state index in [1.807, 2.05) is 36.5 Å². The fourth-order valence-corrected chi connectivity index (χ4v) is 1.65. The van der Waals surface area contributed by atoms with E-state index in [0.717, 1.165) is 11.3 Å². The number of anilines is 1. The van der Waals surface area contributed by atoms with Gasteiger partial charge in [-0.1, -0.05) is 5.16 Å². The first-order chi connectivity index (χ1) is 8.34. The van der Waals surface area contributed by atoms with Gasteiger partial charge in [0.1, 0.15) is 5.69 Å². The van der Waals surface area contributed by atoms with Crippen LogP contribution in [0.25, 0.3) is 17.0 Å². The minimum Gasteiger partial charge on any atom is -0.394 e. The third-order valence-corrected chi connectivity index (χ3v) is 2.50. The van der Waals surface area contributed by atoms with Crippen LogP contribution in [0.3, 0.4) is 0 Å². The molecule has 17 heavy (non-hydrogen) atoms. The summed E-state index contributed by atoms with van der Waals surface area (Å²) in [7, 11) is 0. The molecule has 0 atom stereocenters. The Morgan fingerprint density at radius 2 is 2.00 bits per heavy atom. The van der Waals surface area contributed by atoms with Crippen LogP contribution in [-0.4, -0.2) is 14.9 Å². The third-order valence-electron chi connectivity index (χ3n) is 2.50. The van der Waals surface area contributed by atoms with Gasteiger partial charge in [0.15, 0.2) is 5.76 Å². The highest BCUT2D eigenvalue weighted by molar-refractivity contribution is 5.70. The number of aromatic nitrogens is 3. The Hall–Kier alpha value is -2.56. The highest BCUT2D eigenvalue weighted by Crippen LogP contribution is 2.25. The average Bonchev–Trinajstić information content (AvgIpc) is 3.00. The predicted octanol–water partition coefficient (Wildman–Crippen LogP) is 2.11. The fraction of sp³-hybridized carbons (Fsp3) is 0. The lowest BCUT2D eigenvalue weighted by Crippen LogP contribution is -1.93. The molecule has 3 rings (SSSR count). The second-order valence-corrected chi connectivity index (χ2v) is 3.61. The van der Waals surface area contributed by atoms with Crippen LogP contribution in [0.5, 0.6) is 0 Å². The van der Waals surface area contributed by atoms with Crippen molar-refractivity contribution < 1.29 is 4.52 Å². The molecule has 84 valence electrons. The smallest absolute Gasteiger partial charge is 0.189 e. The van der Waals surface area contributed by atoms with Gasteiger partial charge in [-0.2, -0.15) is 5.10 Å². The predicted molar refractivity (Wildman–Crippen MR) is 63.5 cm³/mol. The van der Waals surface area contributed by atoms with Crippen LogP contribution >= 0.6 is 0 Å². The number of benzene rings is 1. The molecule has 0 bridgehead atoms. The molecule has 0 aliphatic rings. The van der Waals surface area contributed by atoms with Gasteiger partial charge in [0.25, 0.3) is 0 Å². The lowest BCUT2D eigenvalue weighted by Gasteiger charge is -2.02. The van der Waals surface area contributed by atoms with Gasteiger partial charge in [0.2, 0.25) is 0 Å². The molecule has 0 aliphatic carbocycles. The van der Waals surface area contributed by atoms with Crippen molar-refractivity contribution in [2.45, 2.75) is 0 Å². The lowest BCUT2D eigenvalue weighted by atomic mass is 10.1. The Morgan fingerprint density at radius 1 is 1.18 bits per heavy atom. The molecule has 1 aromatic carbocycles. The third kappa shape index (κ3) is 1.67. The second-order valence-electron chi connectivity index (χ2n) is 3.61. The molecule has 0 aliphatic heterocycles. The molecule has 2 heterocycles. The van der Waals surface area contributed by atoms with E-state index in [-0.39, 0.29) is 0 Å². The zero-order valence-electron chi connectivity index (χ0n) is 8.95. The van der Waals surface area contributed by atoms with Gasteiger partial charge in [0.05, 0.1) is 11.9 Å². The highest BCUT2D eigenvalue weighted by Gasteiger charge is 2.07. The van der Waals surface area contributed by atoms with Crippen LogP contribution in [0.1, 0.15) is 0 Å². The fourth-order valence-electron chi connectivity index (χ4n) is 1.65. The Kier molecular flexibility index (Phi) is 2.15. The maximum absolute atomic E-state index is 5.73. The molecule has 0 spiro atoms. The molecule has 3 aromatic rings. The van der Waals surface area contributed by atoms with Crippen LogP contribution in [0, 0.1) is 0 Å². The monoisotopic (exact) mass is 226 g/mol. The summed E-state index contributed by atoms with van der Waals surface area (Å²) in [6.07, 6.45) is 5.12. The molecule has 2 N–H and O–H groups in total. The summed E-state index contributed by atoms with van der Waals surface area (Å²) in [5, 5.41) is 7.81. The number of rotatable bonds is 2. The van der Waals surface area contributed by atoms with Crippen molar-refractivity contribution in [3.63, 3.8) is 0 Å². The maximum atomic E-state index is 5.73. The van der Waals surface area contributed by atoms with E-state index in [0.29, 0.717) is 11.4 Å². The van der Waals surface area contributed by atoms with Crippen LogP contribution in [0.4, 0.5) is 5.69 Å². The summed E-state index contributed by atoms with van der Waals surface area (Å²) < 4.78 is 6.87. The van der Waals surface area contributed by atoms with Crippen molar-refractivity contribution in [1.82, 2.24) is 14.9 Å². The van der Waals surface area contributed by atoms with Crippen LogP contribution in [0.15, 0.2) is 53.4 Å². The molecule has 0 amide bonds. The van der Waals surface area contributed by atoms with Crippen molar-refractivity contribution in [1.29, 1.82) is 0 Å². The Morgan fingerprint density at radius 3 is 2.59 bits per heavy atom. The number of nitrogens with two attached hydrogens (primary N) is 1. The Balaban J connectivity index is 1.99. The molecule has 0 saturated heterocycles. The molecular weight excluding hydrogens is 216 g/mol. The van der Waals surface area contributed by atoms with E-state index in [2.05, 4.69) is 10.3 Å². The first kappa shape index (κ1) is 9.65. The molecule has 0 radical (unpaired) electrons. The molecule has 2 aromatic heterocycles. The largest absolute Gasteiger partial charge is 0.394 e. The topological polar surface area (TPSA) is 69.9 Å². The van der Waals surface area contributed by atoms with E-state index < -0.39 is 0 Å². The highest BCUT2D eigenvalue weighted by atomic mass is 16.5. The summed E-state index contributed by atoms with van der Waals surface area (Å²) >= 11 is 0. The van der Waals surface area contributed by atoms with Gasteiger partial charge < -0.3 is 10.3 Å². The molecule has 0 fully saturated rings. The van der Waals surface area contributed by atoms with Gasteiger partial charge in [-0.15, -0.1) is 0 Å². The van der Waals surface area contributed by atoms with E-state index in [9.17, 15) is 0 Å². The quantitative estimate of drug-likeness (QED) is 0.726. The zero-order chi connectivity index (χ0) is 11.7. The van der Waals surface area contributed by atoms with Gasteiger partial charge in [-0.25, -0.2) is 4.68 Å². The molecule has 0 saturated carbocycles. The number of hydrogen-bond donors (Lipinski definition) is 1. The zero-order valence-corrected chi connectivity index (χ0v) is 8.95. The molecule has 5 heteroatoms. The van der Waals surface area contributed by atoms with Crippen molar-refractivity contribution in [3.05, 3.63) is 48.9 Å². The minimum atomic E-state index is 0.539. The number of hydrogen-bond acceptors (Lipinski definition) is 4. The van der Waals surface area contributed by atoms with E-state index >= 15 is 0 Å². The summed E-state index contributed by atoms with van der Waals surface area (Å²) in [6.45, 7) is 0. The van der Waals surface area contributed by atoms with Crippen molar-refractivity contribution in [3.8, 4) is 17.0 Å². The minimum absolute atomic E-state index is 0.539. The standard InChI is InChI=1S/C12H10N4O/c13-11-8-15-17-12(11)9-2-4-10(5-3-9)16-7-1-6-14-16/h1-8H,13H2. The van der Waals surface area contributed by atoms with Crippen LogP contribution in [-0.2, 0) is 0 Å². The van der Waals surface area contributed by atoms with E-state index in [1.54, 1.807) is 10.9 Å². The maximum Gasteiger partial charge on any atom is 0.189 e. The normalized spacial score (nSPS) is 10.6. The average molecular weight is 226 g/mol. The van der Waals surface area contributed by atoms with Gasteiger partial charge >= 0.3 is 0 Å². The first-order valence-corrected chi connectivity index (χ1v) is 5.15. The Labute approximate surface area is 97.5 Å². The van der Waals surface area contributed by atoms with Gasteiger partial charge in [0, 0.05) is 18.0 Å². The summed E-state index contributed by atoms with van der Waals surface area (Å²) in [6, 6.07) is 9.62. The number of nitrogens with zero attached hydrogens (tertiary/aromatic N) is 3. The summed E-state index contributed by atoms with van der Waals surface area (Å²) in [4.78, 5) is 0. The van der Waals surface area contributed by atoms with Crippen LogP contribution in [0.2, 0.25) is 0 Å². The molecular formula is C12H10N4O. The van der Waals surface area contributed by atoms with Crippen molar-refractivity contribution in [2.75, 3.05) is 5.73 Å². The number of nitrogen functional groups attached to an aromatic ring is 1.